The van der Waals surface area contributed by atoms with Crippen molar-refractivity contribution in [1.82, 2.24) is 9.80 Å². The Hall–Kier alpha value is -0.500. The molecule has 2 heteroatoms. The highest BCUT2D eigenvalue weighted by atomic mass is 15.2. The molecule has 1 heterocycles. The molecule has 0 spiro atoms. The van der Waals surface area contributed by atoms with Gasteiger partial charge in [0.2, 0.25) is 0 Å². The van der Waals surface area contributed by atoms with Crippen molar-refractivity contribution >= 4 is 0 Å². The summed E-state index contributed by atoms with van der Waals surface area (Å²) in [6.45, 7) is 6.95. The summed E-state index contributed by atoms with van der Waals surface area (Å²) < 4.78 is 0. The average Bonchev–Trinajstić information content (AvgIpc) is 2.04. The number of hydrogen-bond donors (Lipinski definition) is 0. The van der Waals surface area contributed by atoms with Gasteiger partial charge in [-0.3, -0.25) is 0 Å². The first-order chi connectivity index (χ1) is 5.33. The van der Waals surface area contributed by atoms with Gasteiger partial charge in [-0.05, 0) is 19.7 Å². The lowest BCUT2D eigenvalue weighted by Gasteiger charge is -2.31. The summed E-state index contributed by atoms with van der Waals surface area (Å²) in [6.07, 6.45) is 5.60. The Balaban J connectivity index is 2.22. The summed E-state index contributed by atoms with van der Waals surface area (Å²) in [6, 6.07) is 0. The average molecular weight is 154 g/mol. The molecule has 0 aromatic carbocycles. The summed E-state index contributed by atoms with van der Waals surface area (Å²) in [5, 5.41) is 0. The van der Waals surface area contributed by atoms with E-state index in [0.29, 0.717) is 0 Å². The molecule has 2 nitrogen and oxygen atoms in total. The molecule has 0 radical (unpaired) electrons. The van der Waals surface area contributed by atoms with Crippen LogP contribution in [0, 0.1) is 0 Å². The van der Waals surface area contributed by atoms with Crippen LogP contribution in [0.15, 0.2) is 12.3 Å². The molecule has 1 rings (SSSR count). The van der Waals surface area contributed by atoms with Gasteiger partial charge in [-0.1, -0.05) is 13.0 Å². The maximum Gasteiger partial charge on any atom is 0.0300 e. The molecule has 0 unspecified atom stereocenters. The quantitative estimate of drug-likeness (QED) is 0.589. The molecular formula is C9H18N2. The summed E-state index contributed by atoms with van der Waals surface area (Å²) in [4.78, 5) is 4.76. The van der Waals surface area contributed by atoms with Gasteiger partial charge in [0.05, 0.1) is 0 Å². The Kier molecular flexibility index (Phi) is 3.43. The Labute approximate surface area is 69.5 Å². The van der Waals surface area contributed by atoms with Crippen molar-refractivity contribution in [3.05, 3.63) is 12.3 Å². The fourth-order valence-electron chi connectivity index (χ4n) is 1.23. The zero-order valence-electron chi connectivity index (χ0n) is 7.58. The van der Waals surface area contributed by atoms with Crippen molar-refractivity contribution in [2.45, 2.75) is 13.3 Å². The number of likely N-dealkylation sites (N-methyl/N-ethyl adjacent to an activating group) is 1. The molecule has 1 aliphatic heterocycles. The second-order valence-electron chi connectivity index (χ2n) is 3.13. The summed E-state index contributed by atoms with van der Waals surface area (Å²) >= 11 is 0. The van der Waals surface area contributed by atoms with Crippen LogP contribution in [0.3, 0.4) is 0 Å². The lowest BCUT2D eigenvalue weighted by Crippen LogP contribution is -2.41. The Morgan fingerprint density at radius 2 is 1.82 bits per heavy atom. The van der Waals surface area contributed by atoms with E-state index in [1.165, 1.54) is 26.2 Å². The van der Waals surface area contributed by atoms with E-state index < -0.39 is 0 Å². The van der Waals surface area contributed by atoms with Gasteiger partial charge in [0.15, 0.2) is 0 Å². The van der Waals surface area contributed by atoms with Crippen LogP contribution < -0.4 is 0 Å². The molecule has 11 heavy (non-hydrogen) atoms. The number of piperazine rings is 1. The maximum atomic E-state index is 2.39. The smallest absolute Gasteiger partial charge is 0.0300 e. The minimum Gasteiger partial charge on any atom is -0.375 e. The largest absolute Gasteiger partial charge is 0.375 e. The third-order valence-corrected chi connectivity index (χ3v) is 2.09. The van der Waals surface area contributed by atoms with Gasteiger partial charge >= 0.3 is 0 Å². The summed E-state index contributed by atoms with van der Waals surface area (Å²) in [7, 11) is 2.18. The molecular weight excluding hydrogens is 136 g/mol. The highest BCUT2D eigenvalue weighted by Crippen LogP contribution is 1.99. The van der Waals surface area contributed by atoms with Crippen LogP contribution in [0.4, 0.5) is 0 Å². The summed E-state index contributed by atoms with van der Waals surface area (Å²) in [5.74, 6) is 0. The van der Waals surface area contributed by atoms with Crippen LogP contribution in [-0.4, -0.2) is 43.0 Å². The number of rotatable bonds is 2. The highest BCUT2D eigenvalue weighted by Gasteiger charge is 2.08. The molecule has 0 N–H and O–H groups in total. The zero-order valence-corrected chi connectivity index (χ0v) is 7.58. The van der Waals surface area contributed by atoms with Crippen molar-refractivity contribution in [2.75, 3.05) is 33.2 Å². The highest BCUT2D eigenvalue weighted by molar-refractivity contribution is 4.84. The standard InChI is InChI=1S/C9H18N2/c1-3-4-5-11-8-6-10(2)7-9-11/h4-5H,3,6-9H2,1-2H3/b5-4-. The number of nitrogens with zero attached hydrogens (tertiary/aromatic N) is 2. The zero-order chi connectivity index (χ0) is 8.10. The van der Waals surface area contributed by atoms with Crippen molar-refractivity contribution in [3.8, 4) is 0 Å². The van der Waals surface area contributed by atoms with Gasteiger partial charge in [-0.25, -0.2) is 0 Å². The first kappa shape index (κ1) is 8.60. The topological polar surface area (TPSA) is 6.48 Å². The molecule has 1 aliphatic rings. The van der Waals surface area contributed by atoms with E-state index in [2.05, 4.69) is 36.0 Å². The number of allylic oxidation sites excluding steroid dienone is 1. The molecule has 1 fully saturated rings. The predicted octanol–water partition coefficient (Wildman–Crippen LogP) is 1.16. The number of hydrogen-bond acceptors (Lipinski definition) is 2. The fourth-order valence-corrected chi connectivity index (χ4v) is 1.23. The molecule has 0 bridgehead atoms. The lowest BCUT2D eigenvalue weighted by molar-refractivity contribution is 0.198. The molecule has 0 aromatic rings. The molecule has 0 saturated carbocycles. The van der Waals surface area contributed by atoms with Gasteiger partial charge in [0, 0.05) is 26.2 Å². The van der Waals surface area contributed by atoms with Gasteiger partial charge in [-0.2, -0.15) is 0 Å². The van der Waals surface area contributed by atoms with Gasteiger partial charge in [0.25, 0.3) is 0 Å². The van der Waals surface area contributed by atoms with E-state index in [1.54, 1.807) is 0 Å². The second-order valence-corrected chi connectivity index (χ2v) is 3.13. The van der Waals surface area contributed by atoms with E-state index >= 15 is 0 Å². The third-order valence-electron chi connectivity index (χ3n) is 2.09. The van der Waals surface area contributed by atoms with E-state index in [4.69, 9.17) is 0 Å². The van der Waals surface area contributed by atoms with Crippen molar-refractivity contribution in [3.63, 3.8) is 0 Å². The molecule has 0 atom stereocenters. The SMILES string of the molecule is CC/C=C\N1CCN(C)CC1. The van der Waals surface area contributed by atoms with Crippen LogP contribution in [0.25, 0.3) is 0 Å². The van der Waals surface area contributed by atoms with Crippen LogP contribution in [0.1, 0.15) is 13.3 Å². The monoisotopic (exact) mass is 154 g/mol. The van der Waals surface area contributed by atoms with Crippen LogP contribution in [0.2, 0.25) is 0 Å². The van der Waals surface area contributed by atoms with Gasteiger partial charge in [0.1, 0.15) is 0 Å². The third kappa shape index (κ3) is 2.93. The van der Waals surface area contributed by atoms with Gasteiger partial charge < -0.3 is 9.80 Å². The Bertz CT molecular complexity index is 124. The summed E-state index contributed by atoms with van der Waals surface area (Å²) in [5.41, 5.74) is 0. The second kappa shape index (κ2) is 4.39. The predicted molar refractivity (Wildman–Crippen MR) is 48.5 cm³/mol. The Morgan fingerprint density at radius 3 is 2.36 bits per heavy atom. The molecule has 0 aliphatic carbocycles. The maximum absolute atomic E-state index is 2.39. The van der Waals surface area contributed by atoms with Crippen LogP contribution >= 0.6 is 0 Å². The Morgan fingerprint density at radius 1 is 1.18 bits per heavy atom. The molecule has 0 aromatic heterocycles. The van der Waals surface area contributed by atoms with Crippen LogP contribution in [-0.2, 0) is 0 Å². The lowest BCUT2D eigenvalue weighted by atomic mass is 10.3. The fraction of sp³-hybridized carbons (Fsp3) is 0.778. The first-order valence-corrected chi connectivity index (χ1v) is 4.42. The minimum atomic E-state index is 1.15. The minimum absolute atomic E-state index is 1.15. The van der Waals surface area contributed by atoms with E-state index in [9.17, 15) is 0 Å². The first-order valence-electron chi connectivity index (χ1n) is 4.42. The van der Waals surface area contributed by atoms with Gasteiger partial charge in [-0.15, -0.1) is 0 Å². The molecule has 1 saturated heterocycles. The van der Waals surface area contributed by atoms with Crippen molar-refractivity contribution in [2.24, 2.45) is 0 Å². The molecule has 0 amide bonds. The van der Waals surface area contributed by atoms with Crippen LogP contribution in [0.5, 0.6) is 0 Å². The normalized spacial score (nSPS) is 21.5. The molecule has 64 valence electrons. The van der Waals surface area contributed by atoms with E-state index in [0.717, 1.165) is 6.42 Å². The van der Waals surface area contributed by atoms with Crippen molar-refractivity contribution < 1.29 is 0 Å². The van der Waals surface area contributed by atoms with E-state index in [1.807, 2.05) is 0 Å². The van der Waals surface area contributed by atoms with Crippen molar-refractivity contribution in [1.29, 1.82) is 0 Å². The van der Waals surface area contributed by atoms with E-state index in [-0.39, 0.29) is 0 Å².